The van der Waals surface area contributed by atoms with Gasteiger partial charge >= 0.3 is 0 Å². The van der Waals surface area contributed by atoms with Crippen LogP contribution >= 0.6 is 0 Å². The molecule has 5 nitrogen and oxygen atoms in total. The summed E-state index contributed by atoms with van der Waals surface area (Å²) in [4.78, 5) is 48.0. The Balaban J connectivity index is 2.41. The largest absolute Gasteiger partial charge is 0.295 e. The van der Waals surface area contributed by atoms with E-state index in [-0.39, 0.29) is 29.8 Å². The predicted octanol–water partition coefficient (Wildman–Crippen LogP) is 1.47. The fourth-order valence-electron chi connectivity index (χ4n) is 2.36. The average molecular weight is 273 g/mol. The summed E-state index contributed by atoms with van der Waals surface area (Å²) in [6.45, 7) is 3.73. The number of ketones is 1. The highest BCUT2D eigenvalue weighted by Gasteiger charge is 2.42. The molecular formula is C15H15NO4. The van der Waals surface area contributed by atoms with Gasteiger partial charge in [-0.05, 0) is 24.5 Å². The summed E-state index contributed by atoms with van der Waals surface area (Å²) in [6.07, 6.45) is 0.458. The van der Waals surface area contributed by atoms with E-state index in [9.17, 15) is 19.2 Å². The Morgan fingerprint density at radius 2 is 1.65 bits per heavy atom. The molecule has 0 radical (unpaired) electrons. The maximum atomic E-state index is 12.3. The fourth-order valence-corrected chi connectivity index (χ4v) is 2.36. The van der Waals surface area contributed by atoms with Crippen LogP contribution in [0.25, 0.3) is 0 Å². The summed E-state index contributed by atoms with van der Waals surface area (Å²) >= 11 is 0. The molecule has 1 aromatic carbocycles. The van der Waals surface area contributed by atoms with Gasteiger partial charge in [-0.3, -0.25) is 24.1 Å². The first-order valence-electron chi connectivity index (χ1n) is 6.43. The minimum Gasteiger partial charge on any atom is -0.295 e. The number of benzene rings is 1. The number of carbonyl (C=O) groups is 4. The van der Waals surface area contributed by atoms with Crippen molar-refractivity contribution in [2.75, 3.05) is 0 Å². The van der Waals surface area contributed by atoms with E-state index < -0.39 is 23.6 Å². The molecule has 0 spiro atoms. The van der Waals surface area contributed by atoms with Gasteiger partial charge < -0.3 is 0 Å². The molecule has 0 saturated heterocycles. The van der Waals surface area contributed by atoms with Crippen LogP contribution in [0.2, 0.25) is 0 Å². The maximum Gasteiger partial charge on any atom is 0.262 e. The number of hydrogen-bond acceptors (Lipinski definition) is 4. The van der Waals surface area contributed by atoms with Crippen molar-refractivity contribution in [3.8, 4) is 0 Å². The lowest BCUT2D eigenvalue weighted by molar-refractivity contribution is -0.132. The molecule has 0 aliphatic carbocycles. The van der Waals surface area contributed by atoms with Crippen molar-refractivity contribution in [2.24, 2.45) is 5.92 Å². The van der Waals surface area contributed by atoms with Crippen LogP contribution in [-0.4, -0.2) is 34.8 Å². The zero-order valence-electron chi connectivity index (χ0n) is 11.3. The van der Waals surface area contributed by atoms with Gasteiger partial charge in [0, 0.05) is 0 Å². The molecule has 104 valence electrons. The molecule has 2 rings (SSSR count). The molecule has 2 amide bonds. The Labute approximate surface area is 116 Å². The van der Waals surface area contributed by atoms with Crippen molar-refractivity contribution >= 4 is 23.9 Å². The maximum absolute atomic E-state index is 12.3. The Morgan fingerprint density at radius 3 is 2.05 bits per heavy atom. The zero-order valence-corrected chi connectivity index (χ0v) is 11.3. The summed E-state index contributed by atoms with van der Waals surface area (Å²) in [6, 6.07) is 5.40. The Hall–Kier alpha value is -2.30. The van der Waals surface area contributed by atoms with Crippen LogP contribution in [0, 0.1) is 5.92 Å². The summed E-state index contributed by atoms with van der Waals surface area (Å²) in [5.41, 5.74) is 0.565. The molecule has 20 heavy (non-hydrogen) atoms. The lowest BCUT2D eigenvalue weighted by atomic mass is 9.99. The van der Waals surface area contributed by atoms with Crippen LogP contribution in [0.3, 0.4) is 0 Å². The fraction of sp³-hybridized carbons (Fsp3) is 0.333. The Bertz CT molecular complexity index is 556. The van der Waals surface area contributed by atoms with Crippen LogP contribution in [-0.2, 0) is 9.59 Å². The van der Waals surface area contributed by atoms with Gasteiger partial charge in [-0.15, -0.1) is 0 Å². The van der Waals surface area contributed by atoms with Gasteiger partial charge in [-0.2, -0.15) is 0 Å². The topological polar surface area (TPSA) is 71.5 Å². The van der Waals surface area contributed by atoms with E-state index in [1.807, 2.05) is 13.8 Å². The lowest BCUT2D eigenvalue weighted by Gasteiger charge is -2.24. The third-order valence-electron chi connectivity index (χ3n) is 3.28. The van der Waals surface area contributed by atoms with E-state index >= 15 is 0 Å². The van der Waals surface area contributed by atoms with Crippen molar-refractivity contribution in [2.45, 2.75) is 26.3 Å². The average Bonchev–Trinajstić information content (AvgIpc) is 2.68. The van der Waals surface area contributed by atoms with Crippen LogP contribution < -0.4 is 0 Å². The number of amides is 2. The van der Waals surface area contributed by atoms with E-state index in [0.29, 0.717) is 0 Å². The normalized spacial score (nSPS) is 15.4. The number of fused-ring (bicyclic) bond motifs is 1. The molecule has 0 fully saturated rings. The summed E-state index contributed by atoms with van der Waals surface area (Å²) in [7, 11) is 0. The zero-order chi connectivity index (χ0) is 14.9. The van der Waals surface area contributed by atoms with Gasteiger partial charge in [-0.25, -0.2) is 0 Å². The Kier molecular flexibility index (Phi) is 3.79. The molecular weight excluding hydrogens is 258 g/mol. The van der Waals surface area contributed by atoms with Gasteiger partial charge in [-0.1, -0.05) is 26.0 Å². The first kappa shape index (κ1) is 14.1. The molecule has 1 aliphatic heterocycles. The summed E-state index contributed by atoms with van der Waals surface area (Å²) < 4.78 is 0. The molecule has 0 aromatic heterocycles. The molecule has 1 aromatic rings. The molecule has 1 aliphatic rings. The van der Waals surface area contributed by atoms with Gasteiger partial charge in [0.25, 0.3) is 11.8 Å². The highest BCUT2D eigenvalue weighted by Crippen LogP contribution is 2.26. The highest BCUT2D eigenvalue weighted by molar-refractivity contribution is 6.31. The molecule has 1 atom stereocenters. The van der Waals surface area contributed by atoms with Gasteiger partial charge in [0.2, 0.25) is 5.78 Å². The van der Waals surface area contributed by atoms with Crippen molar-refractivity contribution in [3.63, 3.8) is 0 Å². The SMILES string of the molecule is CC(C)CC(C(=O)C=O)N1C(=O)c2ccccc2C1=O. The molecule has 0 saturated carbocycles. The minimum absolute atomic E-state index is 0.0770. The highest BCUT2D eigenvalue weighted by atomic mass is 16.2. The van der Waals surface area contributed by atoms with E-state index in [1.54, 1.807) is 24.3 Å². The first-order chi connectivity index (χ1) is 9.47. The quantitative estimate of drug-likeness (QED) is 0.462. The molecule has 1 unspecified atom stereocenters. The third-order valence-corrected chi connectivity index (χ3v) is 3.28. The van der Waals surface area contributed by atoms with Gasteiger partial charge in [0.1, 0.15) is 6.04 Å². The van der Waals surface area contributed by atoms with Crippen LogP contribution in [0.1, 0.15) is 41.0 Å². The first-order valence-corrected chi connectivity index (χ1v) is 6.43. The lowest BCUT2D eigenvalue weighted by Crippen LogP contribution is -2.46. The van der Waals surface area contributed by atoms with Gasteiger partial charge in [0.05, 0.1) is 11.1 Å². The number of nitrogens with zero attached hydrogens (tertiary/aromatic N) is 1. The number of rotatable bonds is 5. The van der Waals surface area contributed by atoms with Crippen molar-refractivity contribution < 1.29 is 19.2 Å². The van der Waals surface area contributed by atoms with Crippen LogP contribution in [0.4, 0.5) is 0 Å². The molecule has 1 heterocycles. The monoisotopic (exact) mass is 273 g/mol. The summed E-state index contributed by atoms with van der Waals surface area (Å²) in [5.74, 6) is -1.68. The number of carbonyl (C=O) groups excluding carboxylic acids is 4. The van der Waals surface area contributed by atoms with E-state index in [0.717, 1.165) is 4.90 Å². The number of imide groups is 1. The van der Waals surface area contributed by atoms with Crippen LogP contribution in [0.15, 0.2) is 24.3 Å². The second-order valence-corrected chi connectivity index (χ2v) is 5.19. The molecule has 0 bridgehead atoms. The molecule has 5 heteroatoms. The Morgan fingerprint density at radius 1 is 1.15 bits per heavy atom. The minimum atomic E-state index is -1.01. The number of aldehydes is 1. The van der Waals surface area contributed by atoms with E-state index in [4.69, 9.17) is 0 Å². The third kappa shape index (κ3) is 2.27. The molecule has 0 N–H and O–H groups in total. The van der Waals surface area contributed by atoms with E-state index in [1.165, 1.54) is 0 Å². The summed E-state index contributed by atoms with van der Waals surface area (Å²) in [5, 5.41) is 0. The van der Waals surface area contributed by atoms with E-state index in [2.05, 4.69) is 0 Å². The second-order valence-electron chi connectivity index (χ2n) is 5.19. The number of hydrogen-bond donors (Lipinski definition) is 0. The second kappa shape index (κ2) is 5.36. The van der Waals surface area contributed by atoms with Gasteiger partial charge in [0.15, 0.2) is 6.29 Å². The smallest absolute Gasteiger partial charge is 0.262 e. The van der Waals surface area contributed by atoms with Crippen LogP contribution in [0.5, 0.6) is 0 Å². The van der Waals surface area contributed by atoms with Crippen molar-refractivity contribution in [3.05, 3.63) is 35.4 Å². The van der Waals surface area contributed by atoms with Crippen molar-refractivity contribution in [1.29, 1.82) is 0 Å². The number of Topliss-reactive ketones (excluding diaryl/α,β-unsaturated/α-hetero) is 1. The predicted molar refractivity (Wildman–Crippen MR) is 71.3 cm³/mol. The van der Waals surface area contributed by atoms with Crippen molar-refractivity contribution in [1.82, 2.24) is 4.90 Å². The standard InChI is InChI=1S/C15H15NO4/c1-9(2)7-12(13(18)8-17)16-14(19)10-5-3-4-6-11(10)15(16)20/h3-6,8-9,12H,7H2,1-2H3.